The molecule has 0 saturated carbocycles. The number of aryl methyl sites for hydroxylation is 1. The van der Waals surface area contributed by atoms with Crippen LogP contribution in [0.5, 0.6) is 0 Å². The summed E-state index contributed by atoms with van der Waals surface area (Å²) < 4.78 is 67.0. The molecule has 1 aliphatic heterocycles. The monoisotopic (exact) mass is 564 g/mol. The first-order chi connectivity index (χ1) is 14.7. The van der Waals surface area contributed by atoms with Gasteiger partial charge in [0.05, 0.1) is 36.9 Å². The van der Waals surface area contributed by atoms with Gasteiger partial charge in [-0.05, 0) is 49.7 Å². The number of carbonyl (C=O) groups excluding carboxylic acids is 1. The second-order valence-electron chi connectivity index (χ2n) is 6.60. The molecule has 0 N–H and O–H groups in total. The van der Waals surface area contributed by atoms with Crippen molar-refractivity contribution in [1.29, 1.82) is 0 Å². The number of anilines is 1. The van der Waals surface area contributed by atoms with Gasteiger partial charge < -0.3 is 9.11 Å². The summed E-state index contributed by atoms with van der Waals surface area (Å²) in [7, 11) is -9.51. The molecule has 0 radical (unpaired) electrons. The van der Waals surface area contributed by atoms with Gasteiger partial charge in [0, 0.05) is 0 Å². The topological polar surface area (TPSA) is 172 Å². The van der Waals surface area contributed by atoms with Crippen LogP contribution in [0.25, 0.3) is 0 Å². The van der Waals surface area contributed by atoms with Gasteiger partial charge in [0.1, 0.15) is 20.2 Å². The zero-order chi connectivity index (χ0) is 24.0. The molecule has 0 bridgehead atoms. The Morgan fingerprint density at radius 1 is 0.971 bits per heavy atom. The van der Waals surface area contributed by atoms with E-state index in [0.29, 0.717) is 5.56 Å². The number of amides is 1. The van der Waals surface area contributed by atoms with Crippen molar-refractivity contribution in [2.24, 2.45) is 15.3 Å². The molecule has 17 heteroatoms. The molecule has 0 fully saturated rings. The number of hydrazone groups is 1. The number of nitrogens with zero attached hydrogens (tertiary/aromatic N) is 4. The summed E-state index contributed by atoms with van der Waals surface area (Å²) in [5.74, 6) is -0.682. The summed E-state index contributed by atoms with van der Waals surface area (Å²) in [4.78, 5) is 11.6. The van der Waals surface area contributed by atoms with E-state index in [4.69, 9.17) is 23.2 Å². The van der Waals surface area contributed by atoms with Gasteiger partial charge in [-0.15, -0.1) is 0 Å². The maximum Gasteiger partial charge on any atom is 1.00 e. The third kappa shape index (κ3) is 6.87. The predicted molar refractivity (Wildman–Crippen MR) is 112 cm³/mol. The molecule has 34 heavy (non-hydrogen) atoms. The zero-order valence-electron chi connectivity index (χ0n) is 18.2. The van der Waals surface area contributed by atoms with Crippen LogP contribution in [-0.2, 0) is 25.0 Å². The molecular weight excluding hydrogens is 553 g/mol. The standard InChI is InChI=1S/C17H14Cl2N4O7S2.2Na/c1-8-5-10(31(25,26)27)3-4-13(8)20-21-16-9(2)22-23(17(16)24)14-6-12(19)15(7-11(14)18)32(28,29)30;;/h3-7,16H,1-2H3,(H,25,26,27)(H,28,29,30);;/q;2*+1/p-2. The van der Waals surface area contributed by atoms with Gasteiger partial charge in [-0.3, -0.25) is 4.79 Å². The second-order valence-corrected chi connectivity index (χ2v) is 10.1. The van der Waals surface area contributed by atoms with E-state index < -0.39 is 47.0 Å². The second kappa shape index (κ2) is 11.8. The Labute approximate surface area is 249 Å². The first kappa shape index (κ1) is 31.6. The molecule has 0 aromatic heterocycles. The molecule has 2 aromatic rings. The van der Waals surface area contributed by atoms with Crippen molar-refractivity contribution in [3.63, 3.8) is 0 Å². The number of benzene rings is 2. The molecule has 0 aliphatic carbocycles. The average Bonchev–Trinajstić information content (AvgIpc) is 2.94. The molecule has 0 spiro atoms. The Balaban J connectivity index is 0.00000289. The Bertz CT molecular complexity index is 1420. The fraction of sp³-hybridized carbons (Fsp3) is 0.176. The minimum atomic E-state index is -4.88. The van der Waals surface area contributed by atoms with Crippen LogP contribution in [0.2, 0.25) is 10.0 Å². The summed E-state index contributed by atoms with van der Waals surface area (Å²) in [5.41, 5.74) is 0.726. The van der Waals surface area contributed by atoms with E-state index in [1.165, 1.54) is 19.9 Å². The maximum absolute atomic E-state index is 12.8. The van der Waals surface area contributed by atoms with Crippen LogP contribution in [-0.4, -0.2) is 43.6 Å². The molecule has 2 aromatic carbocycles. The molecule has 0 saturated heterocycles. The largest absolute Gasteiger partial charge is 1.00 e. The van der Waals surface area contributed by atoms with Gasteiger partial charge in [-0.2, -0.15) is 20.3 Å². The van der Waals surface area contributed by atoms with E-state index in [2.05, 4.69) is 15.3 Å². The minimum Gasteiger partial charge on any atom is -0.744 e. The van der Waals surface area contributed by atoms with Crippen LogP contribution in [0.4, 0.5) is 11.4 Å². The molecule has 1 aliphatic rings. The molecule has 1 unspecified atom stereocenters. The van der Waals surface area contributed by atoms with E-state index in [0.717, 1.165) is 29.3 Å². The molecule has 11 nitrogen and oxygen atoms in total. The maximum atomic E-state index is 12.8. The summed E-state index contributed by atoms with van der Waals surface area (Å²) in [5, 5.41) is 12.1. The molecule has 1 amide bonds. The van der Waals surface area contributed by atoms with Gasteiger partial charge >= 0.3 is 59.1 Å². The molecule has 1 heterocycles. The van der Waals surface area contributed by atoms with Gasteiger partial charge in [-0.25, -0.2) is 16.8 Å². The number of hydrogen-bond donors (Lipinski definition) is 0. The van der Waals surface area contributed by atoms with E-state index in [9.17, 15) is 30.7 Å². The van der Waals surface area contributed by atoms with Crippen LogP contribution in [0.15, 0.2) is 55.5 Å². The van der Waals surface area contributed by atoms with E-state index in [1.54, 1.807) is 0 Å². The first-order valence-electron chi connectivity index (χ1n) is 8.51. The minimum absolute atomic E-state index is 0. The number of azo groups is 1. The molecule has 170 valence electrons. The van der Waals surface area contributed by atoms with E-state index in [1.807, 2.05) is 0 Å². The molecular formula is C17H12Cl2N4Na2O7S2. The first-order valence-corrected chi connectivity index (χ1v) is 12.1. The van der Waals surface area contributed by atoms with Crippen molar-refractivity contribution in [1.82, 2.24) is 0 Å². The van der Waals surface area contributed by atoms with Crippen molar-refractivity contribution >= 4 is 66.4 Å². The number of carbonyl (C=O) groups is 1. The van der Waals surface area contributed by atoms with Crippen LogP contribution in [0.3, 0.4) is 0 Å². The van der Waals surface area contributed by atoms with Gasteiger partial charge in [0.25, 0.3) is 5.91 Å². The summed E-state index contributed by atoms with van der Waals surface area (Å²) in [6.45, 7) is 3.01. The van der Waals surface area contributed by atoms with Crippen LogP contribution < -0.4 is 64.1 Å². The molecule has 1 atom stereocenters. The quantitative estimate of drug-likeness (QED) is 0.211. The van der Waals surface area contributed by atoms with Gasteiger partial charge in [-0.1, -0.05) is 23.2 Å². The summed E-state index contributed by atoms with van der Waals surface area (Å²) in [6, 6.07) is 4.16. The predicted octanol–water partition coefficient (Wildman–Crippen LogP) is -3.01. The third-order valence-corrected chi connectivity index (χ3v) is 6.77. The fourth-order valence-corrected chi connectivity index (χ4v) is 4.61. The summed E-state index contributed by atoms with van der Waals surface area (Å²) >= 11 is 11.9. The fourth-order valence-electron chi connectivity index (χ4n) is 2.75. The average molecular weight is 565 g/mol. The van der Waals surface area contributed by atoms with Crippen molar-refractivity contribution in [3.8, 4) is 0 Å². The Kier molecular flexibility index (Phi) is 10.9. The van der Waals surface area contributed by atoms with E-state index >= 15 is 0 Å². The van der Waals surface area contributed by atoms with Gasteiger partial charge in [0.2, 0.25) is 0 Å². The third-order valence-electron chi connectivity index (χ3n) is 4.33. The number of halogens is 2. The summed E-state index contributed by atoms with van der Waals surface area (Å²) in [6.07, 6.45) is 0. The molecule has 3 rings (SSSR count). The van der Waals surface area contributed by atoms with Crippen LogP contribution >= 0.6 is 23.2 Å². The zero-order valence-corrected chi connectivity index (χ0v) is 25.3. The Hall–Kier alpha value is -0.420. The van der Waals surface area contributed by atoms with Crippen molar-refractivity contribution < 1.29 is 89.9 Å². The normalized spacial score (nSPS) is 16.3. The Morgan fingerprint density at radius 2 is 1.59 bits per heavy atom. The van der Waals surface area contributed by atoms with Gasteiger partial charge in [0.15, 0.2) is 6.04 Å². The number of hydrogen-bond acceptors (Lipinski definition) is 10. The van der Waals surface area contributed by atoms with Crippen molar-refractivity contribution in [3.05, 3.63) is 45.9 Å². The Morgan fingerprint density at radius 3 is 2.12 bits per heavy atom. The van der Waals surface area contributed by atoms with E-state index in [-0.39, 0.29) is 81.2 Å². The number of rotatable bonds is 5. The smallest absolute Gasteiger partial charge is 0.744 e. The van der Waals surface area contributed by atoms with Crippen molar-refractivity contribution in [2.45, 2.75) is 29.7 Å². The van der Waals surface area contributed by atoms with Crippen molar-refractivity contribution in [2.75, 3.05) is 5.01 Å². The van der Waals surface area contributed by atoms with Crippen LogP contribution in [0, 0.1) is 6.92 Å². The van der Waals surface area contributed by atoms with Crippen LogP contribution in [0.1, 0.15) is 12.5 Å². The SMILES string of the molecule is CC1=NN(c2cc(Cl)c(S(=O)(=O)[O-])cc2Cl)C(=O)C1N=Nc1ccc(S(=O)(=O)[O-])cc1C.[Na+].[Na+].